The lowest BCUT2D eigenvalue weighted by molar-refractivity contribution is 0.305. The van der Waals surface area contributed by atoms with Crippen molar-refractivity contribution in [3.63, 3.8) is 0 Å². The zero-order chi connectivity index (χ0) is 15.2. The van der Waals surface area contributed by atoms with E-state index in [9.17, 15) is 0 Å². The minimum absolute atomic E-state index is 0.273. The molecule has 0 amide bonds. The van der Waals surface area contributed by atoms with E-state index in [-0.39, 0.29) is 6.61 Å². The summed E-state index contributed by atoms with van der Waals surface area (Å²) in [4.78, 5) is 0. The van der Waals surface area contributed by atoms with E-state index in [1.165, 1.54) is 7.11 Å². The third-order valence-electron chi connectivity index (χ3n) is 2.84. The molecule has 0 atom stereocenters. The fourth-order valence-electron chi connectivity index (χ4n) is 1.81. The van der Waals surface area contributed by atoms with Crippen LogP contribution in [0.3, 0.4) is 0 Å². The van der Waals surface area contributed by atoms with Crippen LogP contribution in [0.5, 0.6) is 11.5 Å². The molecule has 0 fully saturated rings. The predicted octanol–water partition coefficient (Wildman–Crippen LogP) is 3.78. The molecule has 5 heteroatoms. The molecule has 0 bridgehead atoms. The first-order chi connectivity index (χ1) is 10.2. The highest BCUT2D eigenvalue weighted by molar-refractivity contribution is 9.10. The van der Waals surface area contributed by atoms with Gasteiger partial charge in [-0.15, -0.1) is 0 Å². The first-order valence-electron chi connectivity index (χ1n) is 6.07. The number of nitriles is 2. The standard InChI is InChI=1S/C16H11BrN2O2/c1-20-15-4-2-11(6-12(15)8-18)10-21-16-5-3-14(17)7-13(16)9-19/h2-7H,10H2,1H3. The monoisotopic (exact) mass is 342 g/mol. The SMILES string of the molecule is COc1ccc(COc2ccc(Br)cc2C#N)cc1C#N. The van der Waals surface area contributed by atoms with E-state index in [0.29, 0.717) is 22.6 Å². The van der Waals surface area contributed by atoms with E-state index in [4.69, 9.17) is 20.0 Å². The fraction of sp³-hybridized carbons (Fsp3) is 0.125. The molecular formula is C16H11BrN2O2. The molecule has 0 aliphatic carbocycles. The number of halogens is 1. The Bertz CT molecular complexity index is 745. The Hall–Kier alpha value is -2.50. The molecule has 2 rings (SSSR count). The van der Waals surface area contributed by atoms with Crippen LogP contribution in [0.25, 0.3) is 0 Å². The average Bonchev–Trinajstić information content (AvgIpc) is 2.53. The molecule has 0 saturated carbocycles. The summed E-state index contributed by atoms with van der Waals surface area (Å²) in [7, 11) is 1.52. The zero-order valence-electron chi connectivity index (χ0n) is 11.3. The molecule has 0 saturated heterocycles. The van der Waals surface area contributed by atoms with Gasteiger partial charge in [0.15, 0.2) is 0 Å². The van der Waals surface area contributed by atoms with E-state index >= 15 is 0 Å². The summed E-state index contributed by atoms with van der Waals surface area (Å²) >= 11 is 3.31. The summed E-state index contributed by atoms with van der Waals surface area (Å²) in [6.07, 6.45) is 0. The fourth-order valence-corrected chi connectivity index (χ4v) is 2.17. The molecule has 21 heavy (non-hydrogen) atoms. The van der Waals surface area contributed by atoms with Crippen molar-refractivity contribution in [2.45, 2.75) is 6.61 Å². The molecule has 104 valence electrons. The van der Waals surface area contributed by atoms with Gasteiger partial charge in [-0.1, -0.05) is 22.0 Å². The maximum Gasteiger partial charge on any atom is 0.137 e. The maximum absolute atomic E-state index is 9.08. The van der Waals surface area contributed by atoms with Crippen LogP contribution in [0.1, 0.15) is 16.7 Å². The second-order valence-corrected chi connectivity index (χ2v) is 5.10. The minimum atomic E-state index is 0.273. The number of rotatable bonds is 4. The lowest BCUT2D eigenvalue weighted by Crippen LogP contribution is -1.98. The van der Waals surface area contributed by atoms with Crippen LogP contribution in [0.15, 0.2) is 40.9 Å². The second kappa shape index (κ2) is 6.78. The van der Waals surface area contributed by atoms with Crippen molar-refractivity contribution in [3.8, 4) is 23.6 Å². The highest BCUT2D eigenvalue weighted by atomic mass is 79.9. The lowest BCUT2D eigenvalue weighted by Gasteiger charge is -2.09. The molecule has 0 unspecified atom stereocenters. The molecule has 2 aromatic rings. The molecule has 4 nitrogen and oxygen atoms in total. The number of methoxy groups -OCH3 is 1. The van der Waals surface area contributed by atoms with Crippen LogP contribution in [0, 0.1) is 22.7 Å². The quantitative estimate of drug-likeness (QED) is 0.847. The van der Waals surface area contributed by atoms with Gasteiger partial charge in [0.25, 0.3) is 0 Å². The van der Waals surface area contributed by atoms with Gasteiger partial charge in [0.05, 0.1) is 18.2 Å². The van der Waals surface area contributed by atoms with Crippen LogP contribution in [0.4, 0.5) is 0 Å². The first-order valence-corrected chi connectivity index (χ1v) is 6.86. The van der Waals surface area contributed by atoms with Gasteiger partial charge in [0, 0.05) is 4.47 Å². The summed E-state index contributed by atoms with van der Waals surface area (Å²) in [6, 6.07) is 14.7. The topological polar surface area (TPSA) is 66.0 Å². The van der Waals surface area contributed by atoms with Crippen LogP contribution in [-0.2, 0) is 6.61 Å². The Kier molecular flexibility index (Phi) is 4.81. The van der Waals surface area contributed by atoms with Crippen LogP contribution in [-0.4, -0.2) is 7.11 Å². The van der Waals surface area contributed by atoms with E-state index < -0.39 is 0 Å². The van der Waals surface area contributed by atoms with Gasteiger partial charge in [-0.25, -0.2) is 0 Å². The smallest absolute Gasteiger partial charge is 0.137 e. The number of hydrogen-bond donors (Lipinski definition) is 0. The molecule has 0 radical (unpaired) electrons. The van der Waals surface area contributed by atoms with Gasteiger partial charge in [-0.2, -0.15) is 10.5 Å². The van der Waals surface area contributed by atoms with E-state index in [1.54, 1.807) is 24.3 Å². The number of nitrogens with zero attached hydrogens (tertiary/aromatic N) is 2. The van der Waals surface area contributed by atoms with E-state index in [0.717, 1.165) is 10.0 Å². The Morgan fingerprint density at radius 3 is 2.33 bits per heavy atom. The molecule has 0 aliphatic rings. The largest absolute Gasteiger partial charge is 0.495 e. The predicted molar refractivity (Wildman–Crippen MR) is 80.9 cm³/mol. The Morgan fingerprint density at radius 1 is 1.00 bits per heavy atom. The minimum Gasteiger partial charge on any atom is -0.495 e. The van der Waals surface area contributed by atoms with Gasteiger partial charge in [-0.3, -0.25) is 0 Å². The normalized spacial score (nSPS) is 9.52. The van der Waals surface area contributed by atoms with Crippen molar-refractivity contribution in [1.29, 1.82) is 10.5 Å². The molecule has 0 aliphatic heterocycles. The van der Waals surface area contributed by atoms with Gasteiger partial charge in [0.2, 0.25) is 0 Å². The third kappa shape index (κ3) is 3.53. The Balaban J connectivity index is 2.18. The van der Waals surface area contributed by atoms with Crippen molar-refractivity contribution in [1.82, 2.24) is 0 Å². The molecule has 0 N–H and O–H groups in total. The van der Waals surface area contributed by atoms with Crippen LogP contribution >= 0.6 is 15.9 Å². The summed E-state index contributed by atoms with van der Waals surface area (Å²) in [5.74, 6) is 1.04. The highest BCUT2D eigenvalue weighted by Crippen LogP contribution is 2.24. The molecule has 0 aromatic heterocycles. The van der Waals surface area contributed by atoms with Crippen molar-refractivity contribution < 1.29 is 9.47 Å². The number of hydrogen-bond acceptors (Lipinski definition) is 4. The first kappa shape index (κ1) is 14.9. The molecule has 0 spiro atoms. The number of ether oxygens (including phenoxy) is 2. The van der Waals surface area contributed by atoms with E-state index in [2.05, 4.69) is 28.1 Å². The average molecular weight is 343 g/mol. The summed E-state index contributed by atoms with van der Waals surface area (Å²) in [5.41, 5.74) is 1.74. The van der Waals surface area contributed by atoms with Crippen molar-refractivity contribution in [2.75, 3.05) is 7.11 Å². The Morgan fingerprint density at radius 2 is 1.67 bits per heavy atom. The lowest BCUT2D eigenvalue weighted by atomic mass is 10.1. The van der Waals surface area contributed by atoms with Crippen LogP contribution in [0.2, 0.25) is 0 Å². The summed E-state index contributed by atoms with van der Waals surface area (Å²) in [5, 5.41) is 18.1. The van der Waals surface area contributed by atoms with Gasteiger partial charge in [-0.05, 0) is 35.9 Å². The summed E-state index contributed by atoms with van der Waals surface area (Å²) in [6.45, 7) is 0.273. The molecular weight excluding hydrogens is 332 g/mol. The van der Waals surface area contributed by atoms with Crippen molar-refractivity contribution >= 4 is 15.9 Å². The maximum atomic E-state index is 9.08. The molecule has 2 aromatic carbocycles. The zero-order valence-corrected chi connectivity index (χ0v) is 12.8. The van der Waals surface area contributed by atoms with Crippen molar-refractivity contribution in [2.24, 2.45) is 0 Å². The highest BCUT2D eigenvalue weighted by Gasteiger charge is 2.07. The molecule has 0 heterocycles. The van der Waals surface area contributed by atoms with Crippen LogP contribution < -0.4 is 9.47 Å². The second-order valence-electron chi connectivity index (χ2n) is 4.19. The third-order valence-corrected chi connectivity index (χ3v) is 3.33. The summed E-state index contributed by atoms with van der Waals surface area (Å²) < 4.78 is 11.6. The van der Waals surface area contributed by atoms with Gasteiger partial charge < -0.3 is 9.47 Å². The van der Waals surface area contributed by atoms with Gasteiger partial charge >= 0.3 is 0 Å². The van der Waals surface area contributed by atoms with Gasteiger partial charge in [0.1, 0.15) is 30.2 Å². The Labute approximate surface area is 131 Å². The number of benzene rings is 2. The van der Waals surface area contributed by atoms with E-state index in [1.807, 2.05) is 12.1 Å². The van der Waals surface area contributed by atoms with Crippen molar-refractivity contribution in [3.05, 3.63) is 57.6 Å².